The smallest absolute Gasteiger partial charge is 0.249 e. The van der Waals surface area contributed by atoms with Crippen LogP contribution in [0.2, 0.25) is 0 Å². The maximum absolute atomic E-state index is 12.2. The first-order chi connectivity index (χ1) is 12.1. The molecule has 3 amide bonds. The number of piperazine rings is 1. The molecular weight excluding hydrogens is 322 g/mol. The largest absolute Gasteiger partial charge is 0.374 e. The number of piperidine rings is 1. The van der Waals surface area contributed by atoms with E-state index in [1.165, 1.54) is 0 Å². The molecule has 8 nitrogen and oxygen atoms in total. The Hall–Kier alpha value is -2.45. The van der Waals surface area contributed by atoms with Gasteiger partial charge in [-0.25, -0.2) is 0 Å². The number of carbonyl (C=O) groups is 3. The van der Waals surface area contributed by atoms with Crippen molar-refractivity contribution in [3.63, 3.8) is 0 Å². The monoisotopic (exact) mass is 346 g/mol. The second-order valence-electron chi connectivity index (χ2n) is 6.42. The zero-order valence-corrected chi connectivity index (χ0v) is 14.1. The number of imide groups is 1. The number of anilines is 2. The van der Waals surface area contributed by atoms with Crippen LogP contribution in [-0.2, 0) is 14.4 Å². The van der Waals surface area contributed by atoms with Gasteiger partial charge in [0.25, 0.3) is 0 Å². The summed E-state index contributed by atoms with van der Waals surface area (Å²) >= 11 is 0. The molecule has 0 aliphatic carbocycles. The zero-order chi connectivity index (χ0) is 17.6. The van der Waals surface area contributed by atoms with Crippen LogP contribution in [0.4, 0.5) is 11.4 Å². The van der Waals surface area contributed by atoms with Crippen LogP contribution in [0.25, 0.3) is 0 Å². The maximum Gasteiger partial charge on any atom is 0.249 e. The van der Waals surface area contributed by atoms with E-state index in [0.29, 0.717) is 25.1 Å². The number of quaternary nitrogens is 1. The fraction of sp³-hybridized carbons (Fsp3) is 0.471. The number of hydrogen-bond donors (Lipinski definition) is 4. The number of carbonyl (C=O) groups excluding carboxylic acids is 3. The van der Waals surface area contributed by atoms with Gasteiger partial charge < -0.3 is 16.0 Å². The van der Waals surface area contributed by atoms with Crippen molar-refractivity contribution in [3.8, 4) is 0 Å². The summed E-state index contributed by atoms with van der Waals surface area (Å²) in [5, 5.41) is 10.6. The summed E-state index contributed by atoms with van der Waals surface area (Å²) in [7, 11) is 0. The van der Waals surface area contributed by atoms with Crippen LogP contribution in [0.1, 0.15) is 12.8 Å². The van der Waals surface area contributed by atoms with Gasteiger partial charge in [-0.05, 0) is 24.6 Å². The predicted octanol–water partition coefficient (Wildman–Crippen LogP) is -1.28. The Bertz CT molecular complexity index is 657. The van der Waals surface area contributed by atoms with Crippen LogP contribution in [0.3, 0.4) is 0 Å². The highest BCUT2D eigenvalue weighted by Crippen LogP contribution is 2.18. The third-order valence-electron chi connectivity index (χ3n) is 4.39. The molecule has 0 bridgehead atoms. The van der Waals surface area contributed by atoms with Crippen molar-refractivity contribution in [1.29, 1.82) is 0 Å². The number of nitrogens with zero attached hydrogens (tertiary/aromatic N) is 1. The molecule has 3 rings (SSSR count). The van der Waals surface area contributed by atoms with E-state index in [-0.39, 0.29) is 17.7 Å². The zero-order valence-electron chi connectivity index (χ0n) is 14.1. The Morgan fingerprint density at radius 3 is 2.76 bits per heavy atom. The molecule has 1 atom stereocenters. The summed E-state index contributed by atoms with van der Waals surface area (Å²) in [6, 6.07) is 6.83. The van der Waals surface area contributed by atoms with Gasteiger partial charge in [0.15, 0.2) is 0 Å². The Labute approximate surface area is 146 Å². The normalized spacial score (nSPS) is 21.5. The molecule has 0 spiro atoms. The van der Waals surface area contributed by atoms with Gasteiger partial charge in [0, 0.05) is 30.9 Å². The molecule has 2 saturated heterocycles. The van der Waals surface area contributed by atoms with Crippen LogP contribution in [0.5, 0.6) is 0 Å². The first-order valence-corrected chi connectivity index (χ1v) is 8.64. The third kappa shape index (κ3) is 5.01. The summed E-state index contributed by atoms with van der Waals surface area (Å²) in [5.41, 5.74) is 1.42. The van der Waals surface area contributed by atoms with E-state index in [1.54, 1.807) is 6.07 Å². The molecule has 0 saturated carbocycles. The van der Waals surface area contributed by atoms with E-state index in [0.717, 1.165) is 31.9 Å². The van der Waals surface area contributed by atoms with Gasteiger partial charge in [-0.1, -0.05) is 6.07 Å². The molecule has 2 aliphatic rings. The van der Waals surface area contributed by atoms with Crippen LogP contribution in [0, 0.1) is 0 Å². The average Bonchev–Trinajstić information content (AvgIpc) is 2.58. The van der Waals surface area contributed by atoms with Gasteiger partial charge in [0.1, 0.15) is 6.04 Å². The van der Waals surface area contributed by atoms with Crippen LogP contribution < -0.4 is 21.3 Å². The molecule has 1 aromatic rings. The molecule has 5 N–H and O–H groups in total. The lowest BCUT2D eigenvalue weighted by molar-refractivity contribution is -0.663. The lowest BCUT2D eigenvalue weighted by Crippen LogP contribution is -2.89. The van der Waals surface area contributed by atoms with Crippen molar-refractivity contribution >= 4 is 29.1 Å². The number of nitrogens with one attached hydrogen (secondary N) is 3. The molecule has 0 aromatic heterocycles. The molecule has 2 aliphatic heterocycles. The lowest BCUT2D eigenvalue weighted by Gasteiger charge is -2.24. The topological polar surface area (TPSA) is 107 Å². The first kappa shape index (κ1) is 17.4. The molecule has 1 unspecified atom stereocenters. The van der Waals surface area contributed by atoms with Crippen LogP contribution in [-0.4, -0.2) is 61.4 Å². The molecule has 25 heavy (non-hydrogen) atoms. The molecule has 8 heteroatoms. The molecule has 2 fully saturated rings. The van der Waals surface area contributed by atoms with E-state index in [2.05, 4.69) is 26.2 Å². The Morgan fingerprint density at radius 2 is 2.00 bits per heavy atom. The number of nitrogens with two attached hydrogens (primary N) is 1. The van der Waals surface area contributed by atoms with Gasteiger partial charge in [-0.2, -0.15) is 0 Å². The molecule has 2 heterocycles. The Kier molecular flexibility index (Phi) is 5.62. The second kappa shape index (κ2) is 8.09. The Balaban J connectivity index is 1.54. The van der Waals surface area contributed by atoms with Gasteiger partial charge >= 0.3 is 0 Å². The summed E-state index contributed by atoms with van der Waals surface area (Å²) in [6.45, 7) is 4.28. The average molecular weight is 346 g/mol. The molecule has 134 valence electrons. The fourth-order valence-electron chi connectivity index (χ4n) is 3.08. The lowest BCUT2D eigenvalue weighted by atomic mass is 10.1. The maximum atomic E-state index is 12.2. The van der Waals surface area contributed by atoms with Crippen molar-refractivity contribution in [3.05, 3.63) is 24.3 Å². The number of rotatable bonds is 5. The van der Waals surface area contributed by atoms with Crippen molar-refractivity contribution in [2.75, 3.05) is 43.4 Å². The van der Waals surface area contributed by atoms with Crippen LogP contribution >= 0.6 is 0 Å². The van der Waals surface area contributed by atoms with Crippen molar-refractivity contribution in [2.24, 2.45) is 0 Å². The Morgan fingerprint density at radius 1 is 1.24 bits per heavy atom. The molecule has 1 aromatic carbocycles. The summed E-state index contributed by atoms with van der Waals surface area (Å²) in [5.74, 6) is -0.591. The minimum atomic E-state index is -0.437. The van der Waals surface area contributed by atoms with Crippen LogP contribution in [0.15, 0.2) is 24.3 Å². The van der Waals surface area contributed by atoms with Crippen molar-refractivity contribution in [1.82, 2.24) is 10.2 Å². The van der Waals surface area contributed by atoms with Gasteiger partial charge in [-0.3, -0.25) is 24.6 Å². The quantitative estimate of drug-likeness (QED) is 0.497. The second-order valence-corrected chi connectivity index (χ2v) is 6.42. The minimum Gasteiger partial charge on any atom is -0.374 e. The fourth-order valence-corrected chi connectivity index (χ4v) is 3.08. The van der Waals surface area contributed by atoms with Gasteiger partial charge in [-0.15, -0.1) is 0 Å². The van der Waals surface area contributed by atoms with E-state index >= 15 is 0 Å². The SMILES string of the molecule is O=C1CCC(Nc2cccc(NC(=O)CN3CC[NH2+]CC3)c2)C(=O)N1. The highest BCUT2D eigenvalue weighted by atomic mass is 16.2. The number of benzene rings is 1. The standard InChI is InChI=1S/C17H23N5O3/c23-15-5-4-14(17(25)21-15)19-12-2-1-3-13(10-12)20-16(24)11-22-8-6-18-7-9-22/h1-3,10,14,18-19H,4-9,11H2,(H,20,24)(H,21,23,25)/p+1. The summed E-state index contributed by atoms with van der Waals surface area (Å²) < 4.78 is 0. The highest BCUT2D eigenvalue weighted by Gasteiger charge is 2.26. The summed E-state index contributed by atoms with van der Waals surface area (Å²) in [4.78, 5) is 37.3. The van der Waals surface area contributed by atoms with E-state index in [4.69, 9.17) is 0 Å². The number of amides is 3. The molecule has 0 radical (unpaired) electrons. The van der Waals surface area contributed by atoms with Crippen molar-refractivity contribution < 1.29 is 19.7 Å². The van der Waals surface area contributed by atoms with Gasteiger partial charge in [0.05, 0.1) is 19.6 Å². The van der Waals surface area contributed by atoms with Crippen molar-refractivity contribution in [2.45, 2.75) is 18.9 Å². The number of hydrogen-bond acceptors (Lipinski definition) is 5. The third-order valence-corrected chi connectivity index (χ3v) is 4.39. The summed E-state index contributed by atoms with van der Waals surface area (Å²) in [6.07, 6.45) is 0.792. The first-order valence-electron chi connectivity index (χ1n) is 8.64. The van der Waals surface area contributed by atoms with Gasteiger partial charge in [0.2, 0.25) is 17.7 Å². The molecular formula is C17H24N5O3+. The predicted molar refractivity (Wildman–Crippen MR) is 93.0 cm³/mol. The minimum absolute atomic E-state index is 0.0416. The van der Waals surface area contributed by atoms with E-state index < -0.39 is 6.04 Å². The van der Waals surface area contributed by atoms with E-state index in [9.17, 15) is 14.4 Å². The highest BCUT2D eigenvalue weighted by molar-refractivity contribution is 6.01. The van der Waals surface area contributed by atoms with E-state index in [1.807, 2.05) is 18.2 Å².